The molecule has 1 aliphatic heterocycles. The number of aromatic nitrogens is 1. The van der Waals surface area contributed by atoms with Crippen LogP contribution in [0.3, 0.4) is 0 Å². The van der Waals surface area contributed by atoms with Crippen molar-refractivity contribution in [2.75, 3.05) is 0 Å². The number of nitrogens with zero attached hydrogens (tertiary/aromatic N) is 1. The molecule has 0 spiro atoms. The van der Waals surface area contributed by atoms with Crippen LogP contribution in [0.25, 0.3) is 11.3 Å². The maximum absolute atomic E-state index is 9.50. The minimum absolute atomic E-state index is 0.0158. The minimum atomic E-state index is -0.0213. The number of benzene rings is 1. The first-order chi connectivity index (χ1) is 8.35. The molecule has 3 rings (SSSR count). The van der Waals surface area contributed by atoms with E-state index in [1.807, 2.05) is 18.3 Å². The van der Waals surface area contributed by atoms with Crippen molar-refractivity contribution >= 4 is 0 Å². The van der Waals surface area contributed by atoms with Gasteiger partial charge in [0.2, 0.25) is 0 Å². The largest absolute Gasteiger partial charge is 0.392 e. The smallest absolute Gasteiger partial charge is 0.0706 e. The third kappa shape index (κ3) is 1.51. The molecule has 88 valence electrons. The molecule has 3 nitrogen and oxygen atoms in total. The lowest BCUT2D eigenvalue weighted by Crippen LogP contribution is -2.10. The summed E-state index contributed by atoms with van der Waals surface area (Å²) in [5.74, 6) is 0. The molecule has 0 fully saturated rings. The summed E-state index contributed by atoms with van der Waals surface area (Å²) in [7, 11) is 0. The lowest BCUT2D eigenvalue weighted by molar-refractivity contribution is 0.261. The SMILES string of the molecule is OCc1cn2c(c1CO)-c1ccccc1CC2. The molecule has 0 bridgehead atoms. The quantitative estimate of drug-likeness (QED) is 0.823. The fourth-order valence-electron chi connectivity index (χ4n) is 2.67. The molecular formula is C14H15NO2. The Kier molecular flexibility index (Phi) is 2.50. The molecule has 2 aromatic rings. The summed E-state index contributed by atoms with van der Waals surface area (Å²) in [5, 5.41) is 18.8. The van der Waals surface area contributed by atoms with Gasteiger partial charge in [0.25, 0.3) is 0 Å². The zero-order valence-electron chi connectivity index (χ0n) is 9.56. The molecule has 0 amide bonds. The van der Waals surface area contributed by atoms with Gasteiger partial charge in [-0.25, -0.2) is 0 Å². The summed E-state index contributed by atoms with van der Waals surface area (Å²) >= 11 is 0. The van der Waals surface area contributed by atoms with Crippen LogP contribution < -0.4 is 0 Å². The van der Waals surface area contributed by atoms with E-state index in [9.17, 15) is 10.2 Å². The summed E-state index contributed by atoms with van der Waals surface area (Å²) < 4.78 is 2.14. The monoisotopic (exact) mass is 229 g/mol. The molecule has 17 heavy (non-hydrogen) atoms. The van der Waals surface area contributed by atoms with Gasteiger partial charge in [0, 0.05) is 29.4 Å². The highest BCUT2D eigenvalue weighted by Gasteiger charge is 2.21. The van der Waals surface area contributed by atoms with E-state index >= 15 is 0 Å². The second kappa shape index (κ2) is 4.02. The average molecular weight is 229 g/mol. The second-order valence-electron chi connectivity index (χ2n) is 4.40. The fraction of sp³-hybridized carbons (Fsp3) is 0.286. The first-order valence-electron chi connectivity index (χ1n) is 5.86. The van der Waals surface area contributed by atoms with Crippen LogP contribution >= 0.6 is 0 Å². The summed E-state index contributed by atoms with van der Waals surface area (Å²) in [4.78, 5) is 0. The van der Waals surface area contributed by atoms with E-state index in [0.29, 0.717) is 0 Å². The third-order valence-corrected chi connectivity index (χ3v) is 3.50. The Balaban J connectivity index is 2.26. The van der Waals surface area contributed by atoms with Crippen molar-refractivity contribution in [3.05, 3.63) is 47.2 Å². The molecule has 1 aromatic carbocycles. The summed E-state index contributed by atoms with van der Waals surface area (Å²) in [5.41, 5.74) is 5.26. The number of fused-ring (bicyclic) bond motifs is 3. The summed E-state index contributed by atoms with van der Waals surface area (Å²) in [6.45, 7) is 0.879. The number of aliphatic hydroxyl groups excluding tert-OH is 2. The Bertz CT molecular complexity index is 557. The van der Waals surface area contributed by atoms with Crippen molar-refractivity contribution in [1.82, 2.24) is 4.57 Å². The maximum atomic E-state index is 9.50. The fourth-order valence-corrected chi connectivity index (χ4v) is 2.67. The van der Waals surface area contributed by atoms with Crippen LogP contribution in [-0.2, 0) is 26.2 Å². The molecule has 2 N–H and O–H groups in total. The van der Waals surface area contributed by atoms with E-state index in [-0.39, 0.29) is 13.2 Å². The molecule has 0 saturated carbocycles. The van der Waals surface area contributed by atoms with E-state index < -0.39 is 0 Å². The second-order valence-corrected chi connectivity index (χ2v) is 4.40. The zero-order valence-corrected chi connectivity index (χ0v) is 9.56. The molecule has 0 atom stereocenters. The molecule has 2 heterocycles. The molecule has 0 saturated heterocycles. The molecule has 1 aliphatic rings. The van der Waals surface area contributed by atoms with E-state index in [4.69, 9.17) is 0 Å². The van der Waals surface area contributed by atoms with Crippen LogP contribution in [0.4, 0.5) is 0 Å². The lowest BCUT2D eigenvalue weighted by atomic mass is 9.96. The van der Waals surface area contributed by atoms with Gasteiger partial charge in [0.15, 0.2) is 0 Å². The van der Waals surface area contributed by atoms with E-state index in [1.165, 1.54) is 11.1 Å². The van der Waals surface area contributed by atoms with Gasteiger partial charge in [-0.1, -0.05) is 24.3 Å². The predicted molar refractivity (Wildman–Crippen MR) is 65.4 cm³/mol. The normalized spacial score (nSPS) is 13.3. The Morgan fingerprint density at radius 1 is 1.12 bits per heavy atom. The molecule has 0 aliphatic carbocycles. The molecule has 3 heteroatoms. The van der Waals surface area contributed by atoms with Crippen molar-refractivity contribution in [3.63, 3.8) is 0 Å². The topological polar surface area (TPSA) is 45.4 Å². The standard InChI is InChI=1S/C14H15NO2/c16-8-11-7-15-6-5-10-3-1-2-4-12(10)14(15)13(11)9-17/h1-4,7,16-17H,5-6,8-9H2. The van der Waals surface area contributed by atoms with Gasteiger partial charge in [-0.05, 0) is 12.0 Å². The number of aliphatic hydroxyl groups is 2. The van der Waals surface area contributed by atoms with Crippen LogP contribution in [0, 0.1) is 0 Å². The van der Waals surface area contributed by atoms with E-state index in [1.54, 1.807) is 0 Å². The highest BCUT2D eigenvalue weighted by Crippen LogP contribution is 2.34. The minimum Gasteiger partial charge on any atom is -0.392 e. The summed E-state index contributed by atoms with van der Waals surface area (Å²) in [6, 6.07) is 8.27. The number of hydrogen-bond donors (Lipinski definition) is 2. The number of aryl methyl sites for hydroxylation is 2. The van der Waals surface area contributed by atoms with Crippen LogP contribution in [0.1, 0.15) is 16.7 Å². The average Bonchev–Trinajstić information content (AvgIpc) is 2.76. The highest BCUT2D eigenvalue weighted by atomic mass is 16.3. The van der Waals surface area contributed by atoms with Gasteiger partial charge < -0.3 is 14.8 Å². The van der Waals surface area contributed by atoms with Gasteiger partial charge in [-0.3, -0.25) is 0 Å². The molecular weight excluding hydrogens is 214 g/mol. The highest BCUT2D eigenvalue weighted by molar-refractivity contribution is 5.70. The Hall–Kier alpha value is -1.58. The van der Waals surface area contributed by atoms with Crippen LogP contribution in [0.5, 0.6) is 0 Å². The maximum Gasteiger partial charge on any atom is 0.0706 e. The number of rotatable bonds is 2. The van der Waals surface area contributed by atoms with Crippen molar-refractivity contribution in [3.8, 4) is 11.3 Å². The van der Waals surface area contributed by atoms with Crippen LogP contribution in [-0.4, -0.2) is 14.8 Å². The van der Waals surface area contributed by atoms with Crippen molar-refractivity contribution < 1.29 is 10.2 Å². The molecule has 1 aromatic heterocycles. The Labute approximate surface area is 100.0 Å². The van der Waals surface area contributed by atoms with E-state index in [2.05, 4.69) is 16.7 Å². The van der Waals surface area contributed by atoms with Crippen molar-refractivity contribution in [2.45, 2.75) is 26.2 Å². The number of hydrogen-bond acceptors (Lipinski definition) is 2. The van der Waals surface area contributed by atoms with Crippen molar-refractivity contribution in [2.24, 2.45) is 0 Å². The van der Waals surface area contributed by atoms with Gasteiger partial charge in [0.05, 0.1) is 18.9 Å². The van der Waals surface area contributed by atoms with Crippen molar-refractivity contribution in [1.29, 1.82) is 0 Å². The Morgan fingerprint density at radius 2 is 1.94 bits per heavy atom. The first kappa shape index (κ1) is 10.6. The van der Waals surface area contributed by atoms with Gasteiger partial charge >= 0.3 is 0 Å². The third-order valence-electron chi connectivity index (χ3n) is 3.50. The Morgan fingerprint density at radius 3 is 2.71 bits per heavy atom. The lowest BCUT2D eigenvalue weighted by Gasteiger charge is -2.20. The van der Waals surface area contributed by atoms with Gasteiger partial charge in [0.1, 0.15) is 0 Å². The van der Waals surface area contributed by atoms with E-state index in [0.717, 1.165) is 29.8 Å². The summed E-state index contributed by atoms with van der Waals surface area (Å²) in [6.07, 6.45) is 2.96. The predicted octanol–water partition coefficient (Wildman–Crippen LogP) is 1.70. The van der Waals surface area contributed by atoms with Crippen LogP contribution in [0.15, 0.2) is 30.5 Å². The van der Waals surface area contributed by atoms with Crippen LogP contribution in [0.2, 0.25) is 0 Å². The molecule has 0 unspecified atom stereocenters. The van der Waals surface area contributed by atoms with Gasteiger partial charge in [-0.2, -0.15) is 0 Å². The zero-order chi connectivity index (χ0) is 11.8. The molecule has 0 radical (unpaired) electrons. The van der Waals surface area contributed by atoms with Gasteiger partial charge in [-0.15, -0.1) is 0 Å². The first-order valence-corrected chi connectivity index (χ1v) is 5.86.